The van der Waals surface area contributed by atoms with E-state index in [0.29, 0.717) is 0 Å². The summed E-state index contributed by atoms with van der Waals surface area (Å²) in [7, 11) is 1.85. The van der Waals surface area contributed by atoms with E-state index in [9.17, 15) is 4.79 Å². The number of nitrogens with zero attached hydrogens (tertiary/aromatic N) is 1. The van der Waals surface area contributed by atoms with Gasteiger partial charge in [-0.3, -0.25) is 4.79 Å². The molecule has 0 aliphatic carbocycles. The summed E-state index contributed by atoms with van der Waals surface area (Å²) in [6, 6.07) is 5.95. The first-order valence-corrected chi connectivity index (χ1v) is 7.00. The number of ether oxygens (including phenoxy) is 1. The fraction of sp³-hybridized carbons (Fsp3) is 0.533. The lowest BCUT2D eigenvalue weighted by atomic mass is 9.99. The van der Waals surface area contributed by atoms with Gasteiger partial charge in [-0.25, -0.2) is 0 Å². The molecular formula is C15H20N2O2. The molecule has 4 heteroatoms. The fourth-order valence-electron chi connectivity index (χ4n) is 2.75. The lowest BCUT2D eigenvalue weighted by Gasteiger charge is -2.27. The number of carbonyl (C=O) groups is 1. The largest absolute Gasteiger partial charge is 0.490 e. The zero-order chi connectivity index (χ0) is 13.2. The summed E-state index contributed by atoms with van der Waals surface area (Å²) in [5.41, 5.74) is 1.95. The molecule has 4 nitrogen and oxygen atoms in total. The predicted octanol–water partition coefficient (Wildman–Crippen LogP) is 1.45. The Morgan fingerprint density at radius 3 is 2.89 bits per heavy atom. The molecule has 2 heterocycles. The molecule has 2 aliphatic rings. The Balaban J connectivity index is 1.78. The Morgan fingerprint density at radius 1 is 1.32 bits per heavy atom. The highest BCUT2D eigenvalue weighted by Crippen LogP contribution is 2.25. The molecule has 19 heavy (non-hydrogen) atoms. The second-order valence-corrected chi connectivity index (χ2v) is 5.36. The highest BCUT2D eigenvalue weighted by Gasteiger charge is 2.22. The first-order chi connectivity index (χ1) is 9.24. The molecule has 1 aromatic carbocycles. The molecule has 2 aliphatic heterocycles. The minimum absolute atomic E-state index is 0.108. The van der Waals surface area contributed by atoms with Crippen molar-refractivity contribution < 1.29 is 9.53 Å². The number of nitrogens with one attached hydrogen (secondary N) is 1. The standard InChI is InChI=1S/C15H20N2O2/c1-17-9-6-11-2-3-13(10-14(11)15(17)18)19-12-4-7-16-8-5-12/h2-3,10,12,16H,4-9H2,1H3. The first-order valence-electron chi connectivity index (χ1n) is 7.00. The summed E-state index contributed by atoms with van der Waals surface area (Å²) >= 11 is 0. The van der Waals surface area contributed by atoms with Crippen molar-refractivity contribution in [3.63, 3.8) is 0 Å². The van der Waals surface area contributed by atoms with E-state index < -0.39 is 0 Å². The maximum atomic E-state index is 12.1. The van der Waals surface area contributed by atoms with Crippen LogP contribution >= 0.6 is 0 Å². The molecule has 102 valence electrons. The van der Waals surface area contributed by atoms with Crippen LogP contribution in [0.15, 0.2) is 18.2 Å². The third-order valence-electron chi connectivity index (χ3n) is 3.96. The van der Waals surface area contributed by atoms with Crippen molar-refractivity contribution in [2.75, 3.05) is 26.7 Å². The Bertz CT molecular complexity index is 481. The van der Waals surface area contributed by atoms with Gasteiger partial charge in [-0.15, -0.1) is 0 Å². The third kappa shape index (κ3) is 2.59. The molecule has 1 aromatic rings. The third-order valence-corrected chi connectivity index (χ3v) is 3.96. The zero-order valence-corrected chi connectivity index (χ0v) is 11.3. The summed E-state index contributed by atoms with van der Waals surface area (Å²) in [5, 5.41) is 3.32. The number of likely N-dealkylation sites (N-methyl/N-ethyl adjacent to an activating group) is 1. The molecule has 0 saturated carbocycles. The summed E-state index contributed by atoms with van der Waals surface area (Å²) in [5.74, 6) is 0.936. The maximum absolute atomic E-state index is 12.1. The van der Waals surface area contributed by atoms with E-state index in [1.54, 1.807) is 4.90 Å². The van der Waals surface area contributed by atoms with Gasteiger partial charge < -0.3 is 15.0 Å². The highest BCUT2D eigenvalue weighted by molar-refractivity contribution is 5.97. The molecule has 1 N–H and O–H groups in total. The maximum Gasteiger partial charge on any atom is 0.254 e. The van der Waals surface area contributed by atoms with Gasteiger partial charge in [0.15, 0.2) is 0 Å². The molecule has 3 rings (SSSR count). The lowest BCUT2D eigenvalue weighted by Crippen LogP contribution is -2.35. The van der Waals surface area contributed by atoms with Crippen molar-refractivity contribution in [2.45, 2.75) is 25.4 Å². The lowest BCUT2D eigenvalue weighted by molar-refractivity contribution is 0.0779. The van der Waals surface area contributed by atoms with Crippen LogP contribution in [0.1, 0.15) is 28.8 Å². The average molecular weight is 260 g/mol. The van der Waals surface area contributed by atoms with Crippen molar-refractivity contribution in [1.82, 2.24) is 10.2 Å². The van der Waals surface area contributed by atoms with E-state index in [2.05, 4.69) is 5.32 Å². The predicted molar refractivity (Wildman–Crippen MR) is 73.6 cm³/mol. The van der Waals surface area contributed by atoms with Crippen molar-refractivity contribution in [3.8, 4) is 5.75 Å². The van der Waals surface area contributed by atoms with Gasteiger partial charge in [-0.05, 0) is 50.0 Å². The molecule has 0 atom stereocenters. The van der Waals surface area contributed by atoms with Crippen molar-refractivity contribution in [3.05, 3.63) is 29.3 Å². The smallest absolute Gasteiger partial charge is 0.254 e. The molecule has 1 amide bonds. The molecule has 0 bridgehead atoms. The van der Waals surface area contributed by atoms with Crippen LogP contribution in [0.2, 0.25) is 0 Å². The molecule has 0 radical (unpaired) electrons. The van der Waals surface area contributed by atoms with Crippen LogP contribution in [0.4, 0.5) is 0 Å². The zero-order valence-electron chi connectivity index (χ0n) is 11.3. The number of carbonyl (C=O) groups excluding carboxylic acids is 1. The monoisotopic (exact) mass is 260 g/mol. The van der Waals surface area contributed by atoms with E-state index in [1.807, 2.05) is 25.2 Å². The van der Waals surface area contributed by atoms with Crippen LogP contribution in [0.3, 0.4) is 0 Å². The summed E-state index contributed by atoms with van der Waals surface area (Å²) in [6.07, 6.45) is 3.27. The SMILES string of the molecule is CN1CCc2ccc(OC3CCNCC3)cc2C1=O. The number of amides is 1. The van der Waals surface area contributed by atoms with E-state index in [4.69, 9.17) is 4.74 Å². The number of hydrogen-bond acceptors (Lipinski definition) is 3. The van der Waals surface area contributed by atoms with Crippen LogP contribution in [0.5, 0.6) is 5.75 Å². The number of hydrogen-bond donors (Lipinski definition) is 1. The Kier molecular flexibility index (Phi) is 3.42. The second kappa shape index (κ2) is 5.21. The van der Waals surface area contributed by atoms with Gasteiger partial charge in [-0.1, -0.05) is 6.07 Å². The highest BCUT2D eigenvalue weighted by atomic mass is 16.5. The number of rotatable bonds is 2. The van der Waals surface area contributed by atoms with Crippen molar-refractivity contribution in [2.24, 2.45) is 0 Å². The quantitative estimate of drug-likeness (QED) is 0.875. The summed E-state index contributed by atoms with van der Waals surface area (Å²) < 4.78 is 5.99. The van der Waals surface area contributed by atoms with Gasteiger partial charge in [0.2, 0.25) is 0 Å². The van der Waals surface area contributed by atoms with Gasteiger partial charge in [0.05, 0.1) is 0 Å². The molecular weight excluding hydrogens is 240 g/mol. The molecule has 0 spiro atoms. The minimum Gasteiger partial charge on any atom is -0.490 e. The minimum atomic E-state index is 0.108. The Labute approximate surface area is 113 Å². The molecule has 0 unspecified atom stereocenters. The van der Waals surface area contributed by atoms with Crippen molar-refractivity contribution >= 4 is 5.91 Å². The van der Waals surface area contributed by atoms with Gasteiger partial charge in [0.25, 0.3) is 5.91 Å². The summed E-state index contributed by atoms with van der Waals surface area (Å²) in [6.45, 7) is 2.83. The van der Waals surface area contributed by atoms with E-state index in [0.717, 1.165) is 55.8 Å². The van der Waals surface area contributed by atoms with Crippen LogP contribution in [0.25, 0.3) is 0 Å². The van der Waals surface area contributed by atoms with Gasteiger partial charge >= 0.3 is 0 Å². The topological polar surface area (TPSA) is 41.6 Å². The Hall–Kier alpha value is -1.55. The Morgan fingerprint density at radius 2 is 2.11 bits per heavy atom. The van der Waals surface area contributed by atoms with Crippen LogP contribution in [-0.2, 0) is 6.42 Å². The van der Waals surface area contributed by atoms with Crippen molar-refractivity contribution in [1.29, 1.82) is 0 Å². The van der Waals surface area contributed by atoms with Gasteiger partial charge in [0, 0.05) is 19.2 Å². The normalized spacial score (nSPS) is 20.3. The first kappa shape index (κ1) is 12.5. The van der Waals surface area contributed by atoms with Gasteiger partial charge in [-0.2, -0.15) is 0 Å². The average Bonchev–Trinajstić information content (AvgIpc) is 2.45. The number of piperidine rings is 1. The summed E-state index contributed by atoms with van der Waals surface area (Å²) in [4.78, 5) is 13.9. The van der Waals surface area contributed by atoms with Crippen LogP contribution < -0.4 is 10.1 Å². The molecule has 1 saturated heterocycles. The van der Waals surface area contributed by atoms with Crippen LogP contribution in [0, 0.1) is 0 Å². The number of benzene rings is 1. The fourth-order valence-corrected chi connectivity index (χ4v) is 2.75. The van der Waals surface area contributed by atoms with Crippen LogP contribution in [-0.4, -0.2) is 43.6 Å². The van der Waals surface area contributed by atoms with Gasteiger partial charge in [0.1, 0.15) is 11.9 Å². The number of fused-ring (bicyclic) bond motifs is 1. The molecule has 0 aromatic heterocycles. The van der Waals surface area contributed by atoms with E-state index >= 15 is 0 Å². The van der Waals surface area contributed by atoms with E-state index in [1.165, 1.54) is 0 Å². The molecule has 1 fully saturated rings. The van der Waals surface area contributed by atoms with E-state index in [-0.39, 0.29) is 12.0 Å². The second-order valence-electron chi connectivity index (χ2n) is 5.36.